The monoisotopic (exact) mass is 373 g/mol. The van der Waals surface area contributed by atoms with E-state index in [-0.39, 0.29) is 5.91 Å². The Hall–Kier alpha value is -3.61. The van der Waals surface area contributed by atoms with Gasteiger partial charge in [0.25, 0.3) is 5.91 Å². The molecule has 140 valence electrons. The average Bonchev–Trinajstić information content (AvgIpc) is 2.94. The Labute approximate surface area is 162 Å². The molecule has 28 heavy (non-hydrogen) atoms. The Balaban J connectivity index is 1.49. The molecule has 0 saturated carbocycles. The lowest BCUT2D eigenvalue weighted by Crippen LogP contribution is -2.44. The van der Waals surface area contributed by atoms with Gasteiger partial charge >= 0.3 is 6.03 Å². The number of para-hydroxylation sites is 2. The molecule has 0 unspecified atom stereocenters. The van der Waals surface area contributed by atoms with E-state index < -0.39 is 11.6 Å². The van der Waals surface area contributed by atoms with Gasteiger partial charge in [0, 0.05) is 0 Å². The number of aromatic nitrogens is 2. The van der Waals surface area contributed by atoms with Crippen LogP contribution in [0.2, 0.25) is 0 Å². The minimum atomic E-state index is -0.987. The molecular weight excluding hydrogens is 354 g/mol. The van der Waals surface area contributed by atoms with Crippen molar-refractivity contribution in [2.24, 2.45) is 5.10 Å². The number of nitrogens with zero attached hydrogens (tertiary/aromatic N) is 4. The number of imide groups is 1. The number of nitrogens with one attached hydrogen (secondary N) is 1. The molecule has 2 aromatic carbocycles. The highest BCUT2D eigenvalue weighted by Gasteiger charge is 2.47. The van der Waals surface area contributed by atoms with Crippen molar-refractivity contribution >= 4 is 29.2 Å². The molecule has 7 heteroatoms. The SMILES string of the molecule is C[C@@]1(CCc2ccccc2)NC(=O)N(/N=C\c2cnc3ccccc3n2)C1=O. The highest BCUT2D eigenvalue weighted by atomic mass is 16.2. The number of rotatable bonds is 5. The normalized spacial score (nSPS) is 19.5. The van der Waals surface area contributed by atoms with Crippen molar-refractivity contribution < 1.29 is 9.59 Å². The van der Waals surface area contributed by atoms with E-state index >= 15 is 0 Å². The Kier molecular flexibility index (Phi) is 4.57. The van der Waals surface area contributed by atoms with Crippen LogP contribution in [-0.2, 0) is 11.2 Å². The molecule has 0 aliphatic carbocycles. The van der Waals surface area contributed by atoms with E-state index in [1.165, 1.54) is 6.21 Å². The third-order valence-corrected chi connectivity index (χ3v) is 4.77. The maximum Gasteiger partial charge on any atom is 0.346 e. The molecule has 1 N–H and O–H groups in total. The highest BCUT2D eigenvalue weighted by Crippen LogP contribution is 2.23. The van der Waals surface area contributed by atoms with Crippen molar-refractivity contribution in [1.29, 1.82) is 0 Å². The number of carbonyl (C=O) groups is 2. The van der Waals surface area contributed by atoms with Gasteiger partial charge in [-0.1, -0.05) is 42.5 Å². The number of hydrogen-bond donors (Lipinski definition) is 1. The van der Waals surface area contributed by atoms with Crippen molar-refractivity contribution in [2.45, 2.75) is 25.3 Å². The molecule has 1 aliphatic rings. The van der Waals surface area contributed by atoms with Gasteiger partial charge in [0.15, 0.2) is 0 Å². The Morgan fingerprint density at radius 3 is 2.57 bits per heavy atom. The molecule has 3 amide bonds. The summed E-state index contributed by atoms with van der Waals surface area (Å²) in [6, 6.07) is 16.8. The molecule has 0 spiro atoms. The number of benzene rings is 2. The number of aryl methyl sites for hydroxylation is 1. The van der Waals surface area contributed by atoms with Crippen LogP contribution < -0.4 is 5.32 Å². The zero-order valence-electron chi connectivity index (χ0n) is 15.4. The summed E-state index contributed by atoms with van der Waals surface area (Å²) in [5.74, 6) is -0.376. The first-order valence-corrected chi connectivity index (χ1v) is 9.02. The predicted octanol–water partition coefficient (Wildman–Crippen LogP) is 2.91. The van der Waals surface area contributed by atoms with Gasteiger partial charge in [-0.3, -0.25) is 9.78 Å². The van der Waals surface area contributed by atoms with Crippen molar-refractivity contribution in [3.8, 4) is 0 Å². The number of amides is 3. The third kappa shape index (κ3) is 3.46. The van der Waals surface area contributed by atoms with E-state index in [9.17, 15) is 9.59 Å². The van der Waals surface area contributed by atoms with Gasteiger partial charge in [0.1, 0.15) is 11.2 Å². The summed E-state index contributed by atoms with van der Waals surface area (Å²) in [7, 11) is 0. The van der Waals surface area contributed by atoms with Crippen molar-refractivity contribution in [2.75, 3.05) is 0 Å². The van der Waals surface area contributed by atoms with Crippen LogP contribution >= 0.6 is 0 Å². The third-order valence-electron chi connectivity index (χ3n) is 4.77. The van der Waals surface area contributed by atoms with E-state index in [1.807, 2.05) is 54.6 Å². The van der Waals surface area contributed by atoms with Crippen molar-refractivity contribution in [3.05, 3.63) is 72.1 Å². The number of urea groups is 1. The zero-order valence-corrected chi connectivity index (χ0v) is 15.4. The summed E-state index contributed by atoms with van der Waals surface area (Å²) in [5.41, 5.74) is 2.08. The molecule has 1 fully saturated rings. The summed E-state index contributed by atoms with van der Waals surface area (Å²) in [6.07, 6.45) is 4.10. The molecule has 0 bridgehead atoms. The van der Waals surface area contributed by atoms with E-state index in [0.717, 1.165) is 21.6 Å². The van der Waals surface area contributed by atoms with Gasteiger partial charge in [-0.15, -0.1) is 5.01 Å². The first kappa shape index (κ1) is 17.8. The highest BCUT2D eigenvalue weighted by molar-refractivity contribution is 6.07. The number of carbonyl (C=O) groups excluding carboxylic acids is 2. The van der Waals surface area contributed by atoms with E-state index in [0.29, 0.717) is 18.5 Å². The molecule has 1 saturated heterocycles. The maximum absolute atomic E-state index is 12.8. The lowest BCUT2D eigenvalue weighted by Gasteiger charge is -2.20. The smallest absolute Gasteiger partial charge is 0.322 e. The van der Waals surface area contributed by atoms with Crippen LogP contribution in [0.1, 0.15) is 24.6 Å². The second-order valence-electron chi connectivity index (χ2n) is 6.89. The second-order valence-corrected chi connectivity index (χ2v) is 6.89. The lowest BCUT2D eigenvalue weighted by atomic mass is 9.93. The van der Waals surface area contributed by atoms with Crippen molar-refractivity contribution in [3.63, 3.8) is 0 Å². The van der Waals surface area contributed by atoms with E-state index in [2.05, 4.69) is 20.4 Å². The van der Waals surface area contributed by atoms with Gasteiger partial charge in [-0.25, -0.2) is 9.78 Å². The Bertz CT molecular complexity index is 1070. The Morgan fingerprint density at radius 2 is 1.79 bits per heavy atom. The van der Waals surface area contributed by atoms with E-state index in [4.69, 9.17) is 0 Å². The van der Waals surface area contributed by atoms with Crippen LogP contribution in [-0.4, -0.2) is 38.7 Å². The van der Waals surface area contributed by atoms with Crippen LogP contribution in [0.25, 0.3) is 11.0 Å². The summed E-state index contributed by atoms with van der Waals surface area (Å²) in [6.45, 7) is 1.72. The molecular formula is C21H19N5O2. The molecule has 7 nitrogen and oxygen atoms in total. The molecule has 4 rings (SSSR count). The molecule has 1 aliphatic heterocycles. The molecule has 2 heterocycles. The summed E-state index contributed by atoms with van der Waals surface area (Å²) in [5, 5.41) is 7.67. The number of hydrazone groups is 1. The topological polar surface area (TPSA) is 87.6 Å². The number of hydrogen-bond acceptors (Lipinski definition) is 5. The lowest BCUT2D eigenvalue weighted by molar-refractivity contribution is -0.130. The fourth-order valence-corrected chi connectivity index (χ4v) is 3.13. The minimum absolute atomic E-state index is 0.376. The van der Waals surface area contributed by atoms with Gasteiger partial charge in [0.2, 0.25) is 0 Å². The number of fused-ring (bicyclic) bond motifs is 1. The van der Waals surface area contributed by atoms with E-state index in [1.54, 1.807) is 13.1 Å². The average molecular weight is 373 g/mol. The zero-order chi connectivity index (χ0) is 19.6. The maximum atomic E-state index is 12.8. The first-order valence-electron chi connectivity index (χ1n) is 9.02. The van der Waals surface area contributed by atoms with Gasteiger partial charge in [-0.2, -0.15) is 5.10 Å². The summed E-state index contributed by atoms with van der Waals surface area (Å²) < 4.78 is 0. The largest absolute Gasteiger partial charge is 0.346 e. The molecule has 1 aromatic heterocycles. The van der Waals surface area contributed by atoms with Crippen LogP contribution in [0.5, 0.6) is 0 Å². The van der Waals surface area contributed by atoms with Gasteiger partial charge in [0.05, 0.1) is 23.4 Å². The predicted molar refractivity (Wildman–Crippen MR) is 106 cm³/mol. The van der Waals surface area contributed by atoms with Crippen LogP contribution in [0, 0.1) is 0 Å². The fraction of sp³-hybridized carbons (Fsp3) is 0.190. The molecule has 0 radical (unpaired) electrons. The Morgan fingerprint density at radius 1 is 1.07 bits per heavy atom. The standard InChI is InChI=1S/C21H19N5O2/c1-21(12-11-15-7-3-2-4-8-15)19(27)26(20(28)25-21)23-14-16-13-22-17-9-5-6-10-18(17)24-16/h2-10,13-14H,11-12H2,1H3,(H,25,28)/b23-14-/t21-/m0/s1. The summed E-state index contributed by atoms with van der Waals surface area (Å²) in [4.78, 5) is 33.8. The molecule has 3 aromatic rings. The van der Waals surface area contributed by atoms with Gasteiger partial charge in [-0.05, 0) is 37.5 Å². The minimum Gasteiger partial charge on any atom is -0.322 e. The van der Waals surface area contributed by atoms with Crippen LogP contribution in [0.4, 0.5) is 4.79 Å². The fourth-order valence-electron chi connectivity index (χ4n) is 3.13. The van der Waals surface area contributed by atoms with Gasteiger partial charge < -0.3 is 5.32 Å². The quantitative estimate of drug-likeness (QED) is 0.550. The van der Waals surface area contributed by atoms with Crippen LogP contribution in [0.3, 0.4) is 0 Å². The second kappa shape index (κ2) is 7.19. The summed E-state index contributed by atoms with van der Waals surface area (Å²) >= 11 is 0. The molecule has 1 atom stereocenters. The van der Waals surface area contributed by atoms with Crippen LogP contribution in [0.15, 0.2) is 65.9 Å². The first-order chi connectivity index (χ1) is 13.5. The van der Waals surface area contributed by atoms with Crippen molar-refractivity contribution in [1.82, 2.24) is 20.3 Å².